The number of rotatable bonds is 6. The Balaban J connectivity index is 1.81. The number of hydrogen-bond donors (Lipinski definition) is 0. The van der Waals surface area contributed by atoms with Gasteiger partial charge in [-0.15, -0.1) is 0 Å². The highest BCUT2D eigenvalue weighted by atomic mass is 35.5. The van der Waals surface area contributed by atoms with Crippen molar-refractivity contribution in [2.75, 3.05) is 7.05 Å². The summed E-state index contributed by atoms with van der Waals surface area (Å²) in [6, 6.07) is 27.4. The number of benzene rings is 3. The second kappa shape index (κ2) is 9.19. The molecule has 4 rings (SSSR count). The molecular formula is C26H24ClN3O. The topological polar surface area (TPSA) is 38.1 Å². The fourth-order valence-corrected chi connectivity index (χ4v) is 3.97. The molecule has 1 amide bonds. The number of carbonyl (C=O) groups excluding carboxylic acids is 1. The van der Waals surface area contributed by atoms with Crippen molar-refractivity contribution in [3.63, 3.8) is 0 Å². The summed E-state index contributed by atoms with van der Waals surface area (Å²) in [4.78, 5) is 15.4. The minimum atomic E-state index is -0.0575. The molecule has 5 heteroatoms. The fourth-order valence-electron chi connectivity index (χ4n) is 3.76. The molecule has 0 aliphatic heterocycles. The standard InChI is InChI=1S/C26H24ClN3O/c1-3-23-24(26(31)29(2)18-19-11-10-14-21(27)17-19)25(20-12-6-4-7-13-20)28-30(23)22-15-8-5-9-16-22/h4-17H,3,18H2,1-2H3. The summed E-state index contributed by atoms with van der Waals surface area (Å²) in [5.74, 6) is -0.0575. The molecule has 0 aliphatic carbocycles. The monoisotopic (exact) mass is 429 g/mol. The van der Waals surface area contributed by atoms with E-state index >= 15 is 0 Å². The Morgan fingerprint density at radius 1 is 0.968 bits per heavy atom. The summed E-state index contributed by atoms with van der Waals surface area (Å²) in [6.45, 7) is 2.52. The third-order valence-corrected chi connectivity index (χ3v) is 5.47. The van der Waals surface area contributed by atoms with Crippen LogP contribution in [-0.2, 0) is 13.0 Å². The predicted molar refractivity (Wildman–Crippen MR) is 126 cm³/mol. The zero-order valence-corrected chi connectivity index (χ0v) is 18.4. The van der Waals surface area contributed by atoms with E-state index in [4.69, 9.17) is 16.7 Å². The zero-order valence-electron chi connectivity index (χ0n) is 17.6. The fraction of sp³-hybridized carbons (Fsp3) is 0.154. The molecule has 3 aromatic carbocycles. The lowest BCUT2D eigenvalue weighted by Crippen LogP contribution is -2.27. The van der Waals surface area contributed by atoms with Crippen LogP contribution < -0.4 is 0 Å². The molecular weight excluding hydrogens is 406 g/mol. The van der Waals surface area contributed by atoms with E-state index in [1.54, 1.807) is 4.90 Å². The number of para-hydroxylation sites is 1. The minimum absolute atomic E-state index is 0.0575. The van der Waals surface area contributed by atoms with Crippen LogP contribution in [0.1, 0.15) is 28.5 Å². The molecule has 0 bridgehead atoms. The third kappa shape index (κ3) is 4.39. The molecule has 0 radical (unpaired) electrons. The summed E-state index contributed by atoms with van der Waals surface area (Å²) in [6.07, 6.45) is 0.681. The van der Waals surface area contributed by atoms with Gasteiger partial charge in [-0.05, 0) is 36.2 Å². The first-order valence-corrected chi connectivity index (χ1v) is 10.7. The van der Waals surface area contributed by atoms with Gasteiger partial charge in [-0.25, -0.2) is 4.68 Å². The molecule has 31 heavy (non-hydrogen) atoms. The predicted octanol–water partition coefficient (Wildman–Crippen LogP) is 6.03. The van der Waals surface area contributed by atoms with Crippen molar-refractivity contribution in [2.45, 2.75) is 19.9 Å². The normalized spacial score (nSPS) is 10.8. The lowest BCUT2D eigenvalue weighted by atomic mass is 10.0. The number of amides is 1. The van der Waals surface area contributed by atoms with Crippen molar-refractivity contribution in [2.24, 2.45) is 0 Å². The summed E-state index contributed by atoms with van der Waals surface area (Å²) >= 11 is 6.13. The molecule has 0 spiro atoms. The summed E-state index contributed by atoms with van der Waals surface area (Å²) in [7, 11) is 1.82. The van der Waals surface area contributed by atoms with E-state index < -0.39 is 0 Å². The summed E-state index contributed by atoms with van der Waals surface area (Å²) < 4.78 is 1.89. The number of halogens is 1. The van der Waals surface area contributed by atoms with Gasteiger partial charge in [0.25, 0.3) is 5.91 Å². The first-order valence-electron chi connectivity index (χ1n) is 10.3. The molecule has 4 aromatic rings. The molecule has 0 saturated heterocycles. The van der Waals surface area contributed by atoms with Crippen molar-refractivity contribution in [3.8, 4) is 16.9 Å². The van der Waals surface area contributed by atoms with Gasteiger partial charge < -0.3 is 4.90 Å². The first kappa shape index (κ1) is 20.9. The molecule has 0 aliphatic rings. The van der Waals surface area contributed by atoms with Crippen molar-refractivity contribution < 1.29 is 4.79 Å². The highest BCUT2D eigenvalue weighted by molar-refractivity contribution is 6.30. The Bertz CT molecular complexity index is 1190. The van der Waals surface area contributed by atoms with Crippen LogP contribution in [0.5, 0.6) is 0 Å². The number of hydrogen-bond acceptors (Lipinski definition) is 2. The Morgan fingerprint density at radius 2 is 1.65 bits per heavy atom. The number of nitrogens with zero attached hydrogens (tertiary/aromatic N) is 3. The van der Waals surface area contributed by atoms with Crippen molar-refractivity contribution in [3.05, 3.63) is 107 Å². The SMILES string of the molecule is CCc1c(C(=O)N(C)Cc2cccc(Cl)c2)c(-c2ccccc2)nn1-c1ccccc1. The lowest BCUT2D eigenvalue weighted by molar-refractivity contribution is 0.0784. The Kier molecular flexibility index (Phi) is 6.19. The van der Waals surface area contributed by atoms with E-state index in [0.717, 1.165) is 22.5 Å². The smallest absolute Gasteiger partial charge is 0.258 e. The average molecular weight is 430 g/mol. The van der Waals surface area contributed by atoms with Crippen LogP contribution >= 0.6 is 11.6 Å². The summed E-state index contributed by atoms with van der Waals surface area (Å²) in [5, 5.41) is 5.56. The van der Waals surface area contributed by atoms with Crippen LogP contribution in [0.25, 0.3) is 16.9 Å². The minimum Gasteiger partial charge on any atom is -0.337 e. The van der Waals surface area contributed by atoms with Gasteiger partial charge in [0.1, 0.15) is 5.69 Å². The van der Waals surface area contributed by atoms with Gasteiger partial charge in [-0.3, -0.25) is 4.79 Å². The van der Waals surface area contributed by atoms with E-state index in [-0.39, 0.29) is 5.91 Å². The largest absolute Gasteiger partial charge is 0.337 e. The van der Waals surface area contributed by atoms with Crippen LogP contribution in [0, 0.1) is 0 Å². The maximum atomic E-state index is 13.7. The molecule has 0 atom stereocenters. The van der Waals surface area contributed by atoms with Crippen LogP contribution in [0.15, 0.2) is 84.9 Å². The second-order valence-electron chi connectivity index (χ2n) is 7.43. The number of aromatic nitrogens is 2. The molecule has 1 heterocycles. The van der Waals surface area contributed by atoms with Gasteiger partial charge in [0.05, 0.1) is 16.9 Å². The maximum absolute atomic E-state index is 13.7. The quantitative estimate of drug-likeness (QED) is 0.375. The molecule has 0 unspecified atom stereocenters. The van der Waals surface area contributed by atoms with Gasteiger partial charge in [-0.2, -0.15) is 5.10 Å². The maximum Gasteiger partial charge on any atom is 0.258 e. The van der Waals surface area contributed by atoms with E-state index in [1.807, 2.05) is 96.7 Å². The van der Waals surface area contributed by atoms with Gasteiger partial charge >= 0.3 is 0 Å². The van der Waals surface area contributed by atoms with Crippen LogP contribution in [-0.4, -0.2) is 27.6 Å². The van der Waals surface area contributed by atoms with Crippen molar-refractivity contribution >= 4 is 17.5 Å². The average Bonchev–Trinajstić information content (AvgIpc) is 3.19. The highest BCUT2D eigenvalue weighted by Gasteiger charge is 2.26. The van der Waals surface area contributed by atoms with E-state index in [9.17, 15) is 4.79 Å². The molecule has 0 fully saturated rings. The summed E-state index contributed by atoms with van der Waals surface area (Å²) in [5.41, 5.74) is 5.08. The van der Waals surface area contributed by atoms with Gasteiger partial charge in [0, 0.05) is 24.2 Å². The number of carbonyl (C=O) groups is 1. The molecule has 0 N–H and O–H groups in total. The van der Waals surface area contributed by atoms with Crippen molar-refractivity contribution in [1.82, 2.24) is 14.7 Å². The van der Waals surface area contributed by atoms with Gasteiger partial charge in [0.2, 0.25) is 0 Å². The molecule has 156 valence electrons. The molecule has 0 saturated carbocycles. The Hall–Kier alpha value is -3.37. The van der Waals surface area contributed by atoms with Crippen LogP contribution in [0.2, 0.25) is 5.02 Å². The van der Waals surface area contributed by atoms with Gasteiger partial charge in [0.15, 0.2) is 0 Å². The lowest BCUT2D eigenvalue weighted by Gasteiger charge is -2.18. The van der Waals surface area contributed by atoms with Crippen molar-refractivity contribution in [1.29, 1.82) is 0 Å². The van der Waals surface area contributed by atoms with Crippen LogP contribution in [0.4, 0.5) is 0 Å². The zero-order chi connectivity index (χ0) is 21.8. The molecule has 1 aromatic heterocycles. The second-order valence-corrected chi connectivity index (χ2v) is 7.86. The molecule has 4 nitrogen and oxygen atoms in total. The van der Waals surface area contributed by atoms with Crippen LogP contribution in [0.3, 0.4) is 0 Å². The van der Waals surface area contributed by atoms with E-state index in [2.05, 4.69) is 6.92 Å². The van der Waals surface area contributed by atoms with E-state index in [0.29, 0.717) is 29.2 Å². The van der Waals surface area contributed by atoms with Gasteiger partial charge in [-0.1, -0.05) is 79.2 Å². The highest BCUT2D eigenvalue weighted by Crippen LogP contribution is 2.29. The Labute approximate surface area is 187 Å². The first-order chi connectivity index (χ1) is 15.1. The third-order valence-electron chi connectivity index (χ3n) is 5.23. The Morgan fingerprint density at radius 3 is 2.29 bits per heavy atom. The van der Waals surface area contributed by atoms with E-state index in [1.165, 1.54) is 0 Å².